The highest BCUT2D eigenvalue weighted by molar-refractivity contribution is 9.10. The molecule has 0 aromatic heterocycles. The highest BCUT2D eigenvalue weighted by Gasteiger charge is 2.03. The number of halogens is 3. The van der Waals surface area contributed by atoms with E-state index in [1.165, 1.54) is 12.1 Å². The van der Waals surface area contributed by atoms with Crippen LogP contribution in [0.3, 0.4) is 0 Å². The van der Waals surface area contributed by atoms with Crippen molar-refractivity contribution in [1.82, 2.24) is 0 Å². The Hall–Kier alpha value is -1.26. The third-order valence-corrected chi connectivity index (χ3v) is 3.03. The van der Waals surface area contributed by atoms with Crippen LogP contribution in [0.4, 0.5) is 10.1 Å². The summed E-state index contributed by atoms with van der Waals surface area (Å²) < 4.78 is 19.2. The predicted octanol–water partition coefficient (Wildman–Crippen LogP) is 4.40. The molecule has 0 amide bonds. The number of nitrogen functional groups attached to an aromatic ring is 1. The topological polar surface area (TPSA) is 35.2 Å². The minimum Gasteiger partial charge on any atom is -0.489 e. The summed E-state index contributed by atoms with van der Waals surface area (Å²) in [5.41, 5.74) is 7.16. The molecule has 94 valence electrons. The van der Waals surface area contributed by atoms with Crippen molar-refractivity contribution in [2.24, 2.45) is 0 Å². The Morgan fingerprint density at radius 1 is 1.22 bits per heavy atom. The van der Waals surface area contributed by atoms with Crippen LogP contribution < -0.4 is 10.5 Å². The molecule has 0 atom stereocenters. The lowest BCUT2D eigenvalue weighted by molar-refractivity contribution is 0.305. The van der Waals surface area contributed by atoms with Crippen LogP contribution in [0, 0.1) is 5.82 Å². The van der Waals surface area contributed by atoms with Gasteiger partial charge in [0.25, 0.3) is 0 Å². The van der Waals surface area contributed by atoms with Crippen molar-refractivity contribution in [2.45, 2.75) is 6.61 Å². The van der Waals surface area contributed by atoms with Crippen LogP contribution in [0.2, 0.25) is 5.02 Å². The zero-order chi connectivity index (χ0) is 13.1. The Morgan fingerprint density at radius 2 is 2.00 bits per heavy atom. The molecule has 0 unspecified atom stereocenters. The first-order valence-electron chi connectivity index (χ1n) is 5.17. The lowest BCUT2D eigenvalue weighted by Gasteiger charge is -2.09. The summed E-state index contributed by atoms with van der Waals surface area (Å²) >= 11 is 9.00. The largest absolute Gasteiger partial charge is 0.489 e. The van der Waals surface area contributed by atoms with Crippen LogP contribution in [0.5, 0.6) is 5.75 Å². The first-order valence-corrected chi connectivity index (χ1v) is 6.34. The lowest BCUT2D eigenvalue weighted by atomic mass is 10.2. The molecule has 18 heavy (non-hydrogen) atoms. The van der Waals surface area contributed by atoms with E-state index in [9.17, 15) is 4.39 Å². The molecule has 0 aliphatic rings. The van der Waals surface area contributed by atoms with E-state index in [1.807, 2.05) is 0 Å². The standard InChI is InChI=1S/C13H10BrClFNO/c14-9-3-11(16)6-12(4-9)18-7-8-1-2-10(15)5-13(8)17/h1-6H,7,17H2. The minimum absolute atomic E-state index is 0.263. The van der Waals surface area contributed by atoms with Gasteiger partial charge in [-0.2, -0.15) is 0 Å². The van der Waals surface area contributed by atoms with Crippen LogP contribution >= 0.6 is 27.5 Å². The van der Waals surface area contributed by atoms with E-state index in [-0.39, 0.29) is 12.4 Å². The summed E-state index contributed by atoms with van der Waals surface area (Å²) in [4.78, 5) is 0. The summed E-state index contributed by atoms with van der Waals surface area (Å²) in [5, 5.41) is 0.574. The zero-order valence-corrected chi connectivity index (χ0v) is 11.6. The molecule has 0 aliphatic heterocycles. The molecule has 0 aliphatic carbocycles. The van der Waals surface area contributed by atoms with Gasteiger partial charge in [-0.15, -0.1) is 0 Å². The van der Waals surface area contributed by atoms with Gasteiger partial charge in [-0.25, -0.2) is 4.39 Å². The average Bonchev–Trinajstić information content (AvgIpc) is 2.26. The number of nitrogens with two attached hydrogens (primary N) is 1. The van der Waals surface area contributed by atoms with E-state index in [1.54, 1.807) is 24.3 Å². The van der Waals surface area contributed by atoms with Crippen molar-refractivity contribution >= 4 is 33.2 Å². The van der Waals surface area contributed by atoms with Gasteiger partial charge in [0.2, 0.25) is 0 Å². The van der Waals surface area contributed by atoms with Crippen LogP contribution in [-0.2, 0) is 6.61 Å². The van der Waals surface area contributed by atoms with E-state index in [0.717, 1.165) is 5.56 Å². The Balaban J connectivity index is 2.11. The molecule has 2 rings (SSSR count). The van der Waals surface area contributed by atoms with Gasteiger partial charge < -0.3 is 10.5 Å². The zero-order valence-electron chi connectivity index (χ0n) is 9.29. The third kappa shape index (κ3) is 3.37. The second kappa shape index (κ2) is 5.59. The summed E-state index contributed by atoms with van der Waals surface area (Å²) in [6.07, 6.45) is 0. The number of ether oxygens (including phenoxy) is 1. The summed E-state index contributed by atoms with van der Waals surface area (Å²) in [6.45, 7) is 0.263. The van der Waals surface area contributed by atoms with Gasteiger partial charge >= 0.3 is 0 Å². The quantitative estimate of drug-likeness (QED) is 0.846. The van der Waals surface area contributed by atoms with E-state index in [4.69, 9.17) is 22.1 Å². The lowest BCUT2D eigenvalue weighted by Crippen LogP contribution is -2.00. The van der Waals surface area contributed by atoms with E-state index in [2.05, 4.69) is 15.9 Å². The van der Waals surface area contributed by atoms with Crippen LogP contribution in [0.25, 0.3) is 0 Å². The monoisotopic (exact) mass is 329 g/mol. The SMILES string of the molecule is Nc1cc(Cl)ccc1COc1cc(F)cc(Br)c1. The fraction of sp³-hybridized carbons (Fsp3) is 0.0769. The molecule has 0 radical (unpaired) electrons. The molecule has 5 heteroatoms. The molecule has 2 aromatic carbocycles. The van der Waals surface area contributed by atoms with E-state index in [0.29, 0.717) is 20.9 Å². The number of rotatable bonds is 3. The molecule has 0 fully saturated rings. The second-order valence-electron chi connectivity index (χ2n) is 3.74. The van der Waals surface area contributed by atoms with Crippen LogP contribution in [0.1, 0.15) is 5.56 Å². The Kier molecular flexibility index (Phi) is 4.09. The van der Waals surface area contributed by atoms with Crippen molar-refractivity contribution in [1.29, 1.82) is 0 Å². The maximum Gasteiger partial charge on any atom is 0.128 e. The van der Waals surface area contributed by atoms with Gasteiger partial charge in [-0.1, -0.05) is 33.6 Å². The van der Waals surface area contributed by atoms with Gasteiger partial charge in [0.1, 0.15) is 18.2 Å². The number of benzene rings is 2. The fourth-order valence-electron chi connectivity index (χ4n) is 1.47. The predicted molar refractivity (Wildman–Crippen MR) is 74.3 cm³/mol. The van der Waals surface area contributed by atoms with Crippen molar-refractivity contribution in [3.63, 3.8) is 0 Å². The summed E-state index contributed by atoms with van der Waals surface area (Å²) in [6, 6.07) is 9.54. The molecule has 0 saturated heterocycles. The van der Waals surface area contributed by atoms with Crippen molar-refractivity contribution in [2.75, 3.05) is 5.73 Å². The van der Waals surface area contributed by atoms with Gasteiger partial charge in [0.15, 0.2) is 0 Å². The molecule has 2 aromatic rings. The highest BCUT2D eigenvalue weighted by Crippen LogP contribution is 2.23. The second-order valence-corrected chi connectivity index (χ2v) is 5.09. The molecule has 0 bridgehead atoms. The maximum absolute atomic E-state index is 13.1. The Morgan fingerprint density at radius 3 is 2.67 bits per heavy atom. The van der Waals surface area contributed by atoms with Gasteiger partial charge in [-0.3, -0.25) is 0 Å². The highest BCUT2D eigenvalue weighted by atomic mass is 79.9. The Labute approximate surface area is 118 Å². The molecule has 0 saturated carbocycles. The van der Waals surface area contributed by atoms with E-state index >= 15 is 0 Å². The van der Waals surface area contributed by atoms with Gasteiger partial charge in [0.05, 0.1) is 0 Å². The maximum atomic E-state index is 13.1. The van der Waals surface area contributed by atoms with Crippen LogP contribution in [-0.4, -0.2) is 0 Å². The normalized spacial score (nSPS) is 10.4. The van der Waals surface area contributed by atoms with Crippen molar-refractivity contribution < 1.29 is 9.13 Å². The Bertz CT molecular complexity index is 557. The molecule has 0 spiro atoms. The van der Waals surface area contributed by atoms with Crippen LogP contribution in [0.15, 0.2) is 40.9 Å². The first kappa shape index (κ1) is 13.2. The molecule has 2 nitrogen and oxygen atoms in total. The third-order valence-electron chi connectivity index (χ3n) is 2.34. The first-order chi connectivity index (χ1) is 8.54. The van der Waals surface area contributed by atoms with Crippen molar-refractivity contribution in [3.8, 4) is 5.75 Å². The smallest absolute Gasteiger partial charge is 0.128 e. The molecule has 2 N–H and O–H groups in total. The molecular weight excluding hydrogens is 321 g/mol. The molecule has 0 heterocycles. The number of anilines is 1. The summed E-state index contributed by atoms with van der Waals surface area (Å²) in [7, 11) is 0. The average molecular weight is 331 g/mol. The molecular formula is C13H10BrClFNO. The minimum atomic E-state index is -0.358. The summed E-state index contributed by atoms with van der Waals surface area (Å²) in [5.74, 6) is 0.0830. The number of hydrogen-bond acceptors (Lipinski definition) is 2. The van der Waals surface area contributed by atoms with Gasteiger partial charge in [0, 0.05) is 26.8 Å². The van der Waals surface area contributed by atoms with Crippen molar-refractivity contribution in [3.05, 3.63) is 57.3 Å². The fourth-order valence-corrected chi connectivity index (χ4v) is 2.10. The van der Waals surface area contributed by atoms with Gasteiger partial charge in [-0.05, 0) is 24.3 Å². The number of hydrogen-bond donors (Lipinski definition) is 1. The van der Waals surface area contributed by atoms with E-state index < -0.39 is 0 Å².